The molecule has 0 aliphatic heterocycles. The third-order valence-corrected chi connectivity index (χ3v) is 3.27. The Bertz CT molecular complexity index is 659. The average Bonchev–Trinajstić information content (AvgIpc) is 2.45. The van der Waals surface area contributed by atoms with Crippen molar-refractivity contribution in [2.45, 2.75) is 6.92 Å². The van der Waals surface area contributed by atoms with Gasteiger partial charge in [-0.05, 0) is 25.1 Å². The van der Waals surface area contributed by atoms with Crippen LogP contribution in [0, 0.1) is 5.82 Å². The van der Waals surface area contributed by atoms with E-state index in [0.29, 0.717) is 22.4 Å². The van der Waals surface area contributed by atoms with Crippen molar-refractivity contribution in [3.63, 3.8) is 0 Å². The third-order valence-electron chi connectivity index (χ3n) is 2.64. The van der Waals surface area contributed by atoms with E-state index in [1.165, 1.54) is 0 Å². The van der Waals surface area contributed by atoms with Crippen molar-refractivity contribution in [1.29, 1.82) is 0 Å². The first-order valence-electron chi connectivity index (χ1n) is 6.17. The van der Waals surface area contributed by atoms with Crippen LogP contribution >= 0.6 is 23.2 Å². The number of carbonyl (C=O) groups is 1. The minimum absolute atomic E-state index is 0.0767. The first-order chi connectivity index (χ1) is 10.0. The van der Waals surface area contributed by atoms with E-state index in [-0.39, 0.29) is 11.3 Å². The molecule has 21 heavy (non-hydrogen) atoms. The molecule has 1 aromatic heterocycles. The van der Waals surface area contributed by atoms with Crippen LogP contribution in [0.3, 0.4) is 0 Å². The molecule has 110 valence electrons. The van der Waals surface area contributed by atoms with Gasteiger partial charge in [0.2, 0.25) is 0 Å². The molecule has 0 spiro atoms. The molecule has 0 fully saturated rings. The molecule has 1 heterocycles. The molecule has 1 aromatic carbocycles. The molecule has 0 radical (unpaired) electrons. The summed E-state index contributed by atoms with van der Waals surface area (Å²) in [7, 11) is 0. The predicted molar refractivity (Wildman–Crippen MR) is 82.8 cm³/mol. The highest BCUT2D eigenvalue weighted by Crippen LogP contribution is 2.30. The molecule has 0 unspecified atom stereocenters. The van der Waals surface area contributed by atoms with Crippen molar-refractivity contribution in [1.82, 2.24) is 4.98 Å². The summed E-state index contributed by atoms with van der Waals surface area (Å²) in [5, 5.41) is 6.06. The van der Waals surface area contributed by atoms with E-state index >= 15 is 0 Å². The zero-order valence-electron chi connectivity index (χ0n) is 11.1. The lowest BCUT2D eigenvalue weighted by molar-refractivity contribution is 0.102. The molecule has 0 saturated heterocycles. The van der Waals surface area contributed by atoms with Crippen molar-refractivity contribution >= 4 is 40.6 Å². The van der Waals surface area contributed by atoms with E-state index in [1.807, 2.05) is 6.92 Å². The Morgan fingerprint density at radius 3 is 2.62 bits per heavy atom. The molecule has 2 N–H and O–H groups in total. The molecule has 2 rings (SSSR count). The Morgan fingerprint density at radius 2 is 2.00 bits per heavy atom. The third kappa shape index (κ3) is 3.62. The number of pyridine rings is 1. The SMILES string of the molecule is CCNc1ncc(F)cc1C(=O)Nc1c(Cl)cccc1Cl. The first-order valence-corrected chi connectivity index (χ1v) is 6.93. The highest BCUT2D eigenvalue weighted by Gasteiger charge is 2.16. The van der Waals surface area contributed by atoms with Crippen molar-refractivity contribution in [2.24, 2.45) is 0 Å². The van der Waals surface area contributed by atoms with Gasteiger partial charge in [-0.1, -0.05) is 29.3 Å². The van der Waals surface area contributed by atoms with E-state index < -0.39 is 11.7 Å². The van der Waals surface area contributed by atoms with Crippen LogP contribution in [0.1, 0.15) is 17.3 Å². The van der Waals surface area contributed by atoms with Crippen LogP contribution in [0.5, 0.6) is 0 Å². The summed E-state index contributed by atoms with van der Waals surface area (Å²) >= 11 is 12.0. The van der Waals surface area contributed by atoms with Crippen molar-refractivity contribution in [3.05, 3.63) is 51.9 Å². The van der Waals surface area contributed by atoms with Crippen LogP contribution in [0.15, 0.2) is 30.5 Å². The fraction of sp³-hybridized carbons (Fsp3) is 0.143. The van der Waals surface area contributed by atoms with E-state index in [1.54, 1.807) is 18.2 Å². The summed E-state index contributed by atoms with van der Waals surface area (Å²) in [4.78, 5) is 16.2. The maximum Gasteiger partial charge on any atom is 0.259 e. The standard InChI is InChI=1S/C14H12Cl2FN3O/c1-2-18-13-9(6-8(17)7-19-13)14(21)20-12-10(15)4-3-5-11(12)16/h3-7H,2H2,1H3,(H,18,19)(H,20,21). The lowest BCUT2D eigenvalue weighted by Crippen LogP contribution is -2.16. The number of nitrogens with one attached hydrogen (secondary N) is 2. The molecule has 0 aliphatic rings. The van der Waals surface area contributed by atoms with Crippen LogP contribution in [-0.4, -0.2) is 17.4 Å². The zero-order valence-corrected chi connectivity index (χ0v) is 12.6. The Kier molecular flexibility index (Phi) is 4.98. The van der Waals surface area contributed by atoms with Gasteiger partial charge in [0.15, 0.2) is 0 Å². The lowest BCUT2D eigenvalue weighted by Gasteiger charge is -2.12. The summed E-state index contributed by atoms with van der Waals surface area (Å²) in [5.41, 5.74) is 0.352. The van der Waals surface area contributed by atoms with Crippen LogP contribution in [-0.2, 0) is 0 Å². The topological polar surface area (TPSA) is 54.0 Å². The largest absolute Gasteiger partial charge is 0.370 e. The number of hydrogen-bond acceptors (Lipinski definition) is 3. The number of halogens is 3. The number of benzene rings is 1. The highest BCUT2D eigenvalue weighted by molar-refractivity contribution is 6.40. The van der Waals surface area contributed by atoms with Gasteiger partial charge in [0.25, 0.3) is 5.91 Å². The molecule has 0 aliphatic carbocycles. The number of para-hydroxylation sites is 1. The Morgan fingerprint density at radius 1 is 1.33 bits per heavy atom. The van der Waals surface area contributed by atoms with Crippen LogP contribution in [0.25, 0.3) is 0 Å². The van der Waals surface area contributed by atoms with Gasteiger partial charge in [-0.25, -0.2) is 9.37 Å². The second-order valence-corrected chi connectivity index (χ2v) is 4.95. The summed E-state index contributed by atoms with van der Waals surface area (Å²) in [6.07, 6.45) is 1.04. The van der Waals surface area contributed by atoms with E-state index in [0.717, 1.165) is 12.3 Å². The number of aromatic nitrogens is 1. The van der Waals surface area contributed by atoms with Gasteiger partial charge >= 0.3 is 0 Å². The van der Waals surface area contributed by atoms with Gasteiger partial charge in [0.05, 0.1) is 27.5 Å². The predicted octanol–water partition coefficient (Wildman–Crippen LogP) is 4.21. The normalized spacial score (nSPS) is 10.3. The van der Waals surface area contributed by atoms with Crippen LogP contribution in [0.2, 0.25) is 10.0 Å². The Hall–Kier alpha value is -1.85. The van der Waals surface area contributed by atoms with Crippen molar-refractivity contribution in [3.8, 4) is 0 Å². The summed E-state index contributed by atoms with van der Waals surface area (Å²) in [6.45, 7) is 2.39. The van der Waals surface area contributed by atoms with E-state index in [2.05, 4.69) is 15.6 Å². The molecular weight excluding hydrogens is 316 g/mol. The Balaban J connectivity index is 2.34. The zero-order chi connectivity index (χ0) is 15.4. The molecule has 0 saturated carbocycles. The number of amides is 1. The van der Waals surface area contributed by atoms with Gasteiger partial charge in [0, 0.05) is 6.54 Å². The van der Waals surface area contributed by atoms with Gasteiger partial charge in [-0.2, -0.15) is 0 Å². The highest BCUT2D eigenvalue weighted by atomic mass is 35.5. The molecule has 4 nitrogen and oxygen atoms in total. The maximum atomic E-state index is 13.3. The molecule has 0 atom stereocenters. The first kappa shape index (κ1) is 15.5. The molecule has 0 bridgehead atoms. The minimum atomic E-state index is -0.605. The van der Waals surface area contributed by atoms with E-state index in [9.17, 15) is 9.18 Å². The smallest absolute Gasteiger partial charge is 0.259 e. The van der Waals surface area contributed by atoms with Gasteiger partial charge in [0.1, 0.15) is 11.6 Å². The summed E-state index contributed by atoms with van der Waals surface area (Å²) < 4.78 is 13.3. The van der Waals surface area contributed by atoms with Gasteiger partial charge < -0.3 is 10.6 Å². The number of hydrogen-bond donors (Lipinski definition) is 2. The number of nitrogens with zero attached hydrogens (tertiary/aromatic N) is 1. The monoisotopic (exact) mass is 327 g/mol. The quantitative estimate of drug-likeness (QED) is 0.884. The maximum absolute atomic E-state index is 13.3. The second kappa shape index (κ2) is 6.74. The van der Waals surface area contributed by atoms with Gasteiger partial charge in [-0.3, -0.25) is 4.79 Å². The fourth-order valence-electron chi connectivity index (χ4n) is 1.72. The number of rotatable bonds is 4. The summed E-state index contributed by atoms with van der Waals surface area (Å²) in [6, 6.07) is 5.95. The molecule has 7 heteroatoms. The molecular formula is C14H12Cl2FN3O. The number of carbonyl (C=O) groups excluding carboxylic acids is 1. The lowest BCUT2D eigenvalue weighted by atomic mass is 10.2. The summed E-state index contributed by atoms with van der Waals surface area (Å²) in [5.74, 6) is -0.861. The average molecular weight is 328 g/mol. The van der Waals surface area contributed by atoms with Crippen molar-refractivity contribution < 1.29 is 9.18 Å². The molecule has 1 amide bonds. The van der Waals surface area contributed by atoms with E-state index in [4.69, 9.17) is 23.2 Å². The van der Waals surface area contributed by atoms with Crippen molar-refractivity contribution in [2.75, 3.05) is 17.2 Å². The van der Waals surface area contributed by atoms with Crippen LogP contribution < -0.4 is 10.6 Å². The van der Waals surface area contributed by atoms with Crippen LogP contribution in [0.4, 0.5) is 15.9 Å². The second-order valence-electron chi connectivity index (χ2n) is 4.13. The number of anilines is 2. The molecule has 2 aromatic rings. The minimum Gasteiger partial charge on any atom is -0.370 e. The fourth-order valence-corrected chi connectivity index (χ4v) is 2.21. The Labute approximate surface area is 131 Å². The van der Waals surface area contributed by atoms with Gasteiger partial charge in [-0.15, -0.1) is 0 Å².